The molecule has 1 aromatic carbocycles. The quantitative estimate of drug-likeness (QED) is 0.457. The molecule has 0 spiro atoms. The highest BCUT2D eigenvalue weighted by atomic mass is 32.1. The minimum absolute atomic E-state index is 0.0689. The number of likely N-dealkylation sites (N-methyl/N-ethyl adjacent to an activating group) is 1. The van der Waals surface area contributed by atoms with E-state index in [0.717, 1.165) is 0 Å². The van der Waals surface area contributed by atoms with E-state index in [2.05, 4.69) is 16.3 Å². The molecule has 0 bridgehead atoms. The van der Waals surface area contributed by atoms with Crippen molar-refractivity contribution in [3.05, 3.63) is 62.3 Å². The van der Waals surface area contributed by atoms with E-state index in [4.69, 9.17) is 0 Å². The molecule has 23 heavy (non-hydrogen) atoms. The van der Waals surface area contributed by atoms with Crippen LogP contribution in [-0.4, -0.2) is 42.8 Å². The summed E-state index contributed by atoms with van der Waals surface area (Å²) in [5.41, 5.74) is 0.282. The smallest absolute Gasteiger partial charge is 0.270 e. The molecule has 1 aromatic heterocycles. The van der Waals surface area contributed by atoms with Crippen molar-refractivity contribution in [3.63, 3.8) is 0 Å². The molecule has 6 nitrogen and oxygen atoms in total. The Kier molecular flexibility index (Phi) is 5.97. The lowest BCUT2D eigenvalue weighted by atomic mass is 10.1. The number of Topliss-reactive ketones (excluding diaryl/α,β-unsaturated/α-hetero) is 1. The van der Waals surface area contributed by atoms with Crippen LogP contribution in [0.3, 0.4) is 0 Å². The zero-order chi connectivity index (χ0) is 16.8. The zero-order valence-corrected chi connectivity index (χ0v) is 13.9. The predicted octanol–water partition coefficient (Wildman–Crippen LogP) is 2.73. The fourth-order valence-corrected chi connectivity index (χ4v) is 3.16. The Morgan fingerprint density at radius 1 is 1.35 bits per heavy atom. The Bertz CT molecular complexity index is 671. The maximum atomic E-state index is 12.2. The molecule has 0 aliphatic heterocycles. The second-order valence-corrected chi connectivity index (χ2v) is 6.34. The molecule has 2 rings (SSSR count). The van der Waals surface area contributed by atoms with Crippen molar-refractivity contribution >= 4 is 22.8 Å². The van der Waals surface area contributed by atoms with E-state index in [0.29, 0.717) is 12.1 Å². The van der Waals surface area contributed by atoms with Crippen molar-refractivity contribution in [3.8, 4) is 0 Å². The van der Waals surface area contributed by atoms with Crippen LogP contribution in [0.5, 0.6) is 0 Å². The molecule has 122 valence electrons. The fraction of sp³-hybridized carbons (Fsp3) is 0.312. The normalized spacial score (nSPS) is 12.3. The lowest BCUT2D eigenvalue weighted by Crippen LogP contribution is -2.33. The number of nitrogens with one attached hydrogen (secondary N) is 1. The highest BCUT2D eigenvalue weighted by molar-refractivity contribution is 7.10. The van der Waals surface area contributed by atoms with Gasteiger partial charge in [-0.25, -0.2) is 0 Å². The number of thiophene rings is 1. The fourth-order valence-electron chi connectivity index (χ4n) is 2.24. The van der Waals surface area contributed by atoms with Gasteiger partial charge in [-0.15, -0.1) is 11.3 Å². The second-order valence-electron chi connectivity index (χ2n) is 5.36. The summed E-state index contributed by atoms with van der Waals surface area (Å²) in [6, 6.07) is 10.1. The summed E-state index contributed by atoms with van der Waals surface area (Å²) in [5, 5.41) is 15.9. The molecule has 0 aliphatic rings. The summed E-state index contributed by atoms with van der Waals surface area (Å²) >= 11 is 1.68. The molecule has 2 aromatic rings. The van der Waals surface area contributed by atoms with Gasteiger partial charge in [0.1, 0.15) is 0 Å². The molecule has 7 heteroatoms. The highest BCUT2D eigenvalue weighted by Gasteiger charge is 2.16. The van der Waals surface area contributed by atoms with Crippen LogP contribution in [-0.2, 0) is 0 Å². The maximum absolute atomic E-state index is 12.2. The number of nitrogens with zero attached hydrogens (tertiary/aromatic N) is 2. The largest absolute Gasteiger partial charge is 0.308 e. The number of carbonyl (C=O) groups excluding carboxylic acids is 1. The van der Waals surface area contributed by atoms with Crippen LogP contribution in [0.2, 0.25) is 0 Å². The van der Waals surface area contributed by atoms with Gasteiger partial charge in [0.25, 0.3) is 5.69 Å². The van der Waals surface area contributed by atoms with Crippen molar-refractivity contribution < 1.29 is 9.72 Å². The van der Waals surface area contributed by atoms with Crippen molar-refractivity contribution in [2.45, 2.75) is 6.04 Å². The van der Waals surface area contributed by atoms with Crippen LogP contribution in [0.25, 0.3) is 0 Å². The number of non-ortho nitro benzene ring substituents is 1. The second kappa shape index (κ2) is 7.96. The number of benzene rings is 1. The van der Waals surface area contributed by atoms with Gasteiger partial charge >= 0.3 is 0 Å². The standard InChI is InChI=1S/C16H19N3O3S/c1-18(2)14(16-7-4-8-23-16)10-17-11-15(20)12-5-3-6-13(9-12)19(21)22/h3-9,14,17H,10-11H2,1-2H3. The van der Waals surface area contributed by atoms with E-state index < -0.39 is 4.92 Å². The predicted molar refractivity (Wildman–Crippen MR) is 91.0 cm³/mol. The third kappa shape index (κ3) is 4.69. The zero-order valence-electron chi connectivity index (χ0n) is 13.1. The lowest BCUT2D eigenvalue weighted by molar-refractivity contribution is -0.384. The average molecular weight is 333 g/mol. The van der Waals surface area contributed by atoms with Gasteiger partial charge in [-0.05, 0) is 25.5 Å². The Labute approximate surface area is 138 Å². The topological polar surface area (TPSA) is 75.5 Å². The molecule has 0 saturated carbocycles. The van der Waals surface area contributed by atoms with E-state index in [-0.39, 0.29) is 24.1 Å². The van der Waals surface area contributed by atoms with Crippen molar-refractivity contribution in [2.24, 2.45) is 0 Å². The van der Waals surface area contributed by atoms with Crippen LogP contribution in [0.15, 0.2) is 41.8 Å². The SMILES string of the molecule is CN(C)C(CNCC(=O)c1cccc([N+](=O)[O-])c1)c1cccs1. The molecule has 0 saturated heterocycles. The van der Waals surface area contributed by atoms with Gasteiger partial charge in [0.2, 0.25) is 0 Å². The first-order chi connectivity index (χ1) is 11.0. The van der Waals surface area contributed by atoms with E-state index in [1.165, 1.54) is 23.1 Å². The number of ketones is 1. The van der Waals surface area contributed by atoms with Crippen LogP contribution in [0.4, 0.5) is 5.69 Å². The summed E-state index contributed by atoms with van der Waals surface area (Å²) in [6.45, 7) is 0.783. The summed E-state index contributed by atoms with van der Waals surface area (Å²) in [7, 11) is 3.99. The van der Waals surface area contributed by atoms with E-state index >= 15 is 0 Å². The molecule has 0 fully saturated rings. The number of nitro groups is 1. The molecular weight excluding hydrogens is 314 g/mol. The minimum atomic E-state index is -0.497. The van der Waals surface area contributed by atoms with Gasteiger partial charge in [0.15, 0.2) is 5.78 Å². The summed E-state index contributed by atoms with van der Waals surface area (Å²) in [5.74, 6) is -0.155. The first-order valence-electron chi connectivity index (χ1n) is 7.17. The molecule has 0 aliphatic carbocycles. The Balaban J connectivity index is 1.94. The van der Waals surface area contributed by atoms with Crippen LogP contribution >= 0.6 is 11.3 Å². The number of hydrogen-bond donors (Lipinski definition) is 1. The Morgan fingerprint density at radius 3 is 2.74 bits per heavy atom. The summed E-state index contributed by atoms with van der Waals surface area (Å²) in [4.78, 5) is 25.7. The van der Waals surface area contributed by atoms with Crippen molar-refractivity contribution in [1.82, 2.24) is 10.2 Å². The molecule has 1 N–H and O–H groups in total. The van der Waals surface area contributed by atoms with Crippen LogP contribution in [0, 0.1) is 10.1 Å². The number of nitro benzene ring substituents is 1. The van der Waals surface area contributed by atoms with Crippen LogP contribution < -0.4 is 5.32 Å². The van der Waals surface area contributed by atoms with Crippen molar-refractivity contribution in [2.75, 3.05) is 27.2 Å². The van der Waals surface area contributed by atoms with Gasteiger partial charge in [-0.3, -0.25) is 14.9 Å². The summed E-state index contributed by atoms with van der Waals surface area (Å²) in [6.07, 6.45) is 0. The number of carbonyl (C=O) groups is 1. The third-order valence-electron chi connectivity index (χ3n) is 3.50. The molecule has 0 amide bonds. The monoisotopic (exact) mass is 333 g/mol. The molecule has 1 unspecified atom stereocenters. The van der Waals surface area contributed by atoms with Gasteiger partial charge < -0.3 is 10.2 Å². The Hall–Kier alpha value is -2.09. The molecule has 1 atom stereocenters. The summed E-state index contributed by atoms with van der Waals surface area (Å²) < 4.78 is 0. The van der Waals surface area contributed by atoms with Crippen LogP contribution in [0.1, 0.15) is 21.3 Å². The first-order valence-corrected chi connectivity index (χ1v) is 8.05. The minimum Gasteiger partial charge on any atom is -0.308 e. The number of rotatable bonds is 8. The first kappa shape index (κ1) is 17.3. The van der Waals surface area contributed by atoms with E-state index in [1.807, 2.05) is 25.5 Å². The van der Waals surface area contributed by atoms with Gasteiger partial charge in [0.05, 0.1) is 17.5 Å². The van der Waals surface area contributed by atoms with Gasteiger partial charge in [0, 0.05) is 29.1 Å². The highest BCUT2D eigenvalue weighted by Crippen LogP contribution is 2.22. The van der Waals surface area contributed by atoms with Gasteiger partial charge in [-0.1, -0.05) is 18.2 Å². The Morgan fingerprint density at radius 2 is 2.13 bits per heavy atom. The molecule has 1 heterocycles. The van der Waals surface area contributed by atoms with E-state index in [9.17, 15) is 14.9 Å². The van der Waals surface area contributed by atoms with Gasteiger partial charge in [-0.2, -0.15) is 0 Å². The van der Waals surface area contributed by atoms with E-state index in [1.54, 1.807) is 17.4 Å². The average Bonchev–Trinajstić information content (AvgIpc) is 3.05. The van der Waals surface area contributed by atoms with Crippen molar-refractivity contribution in [1.29, 1.82) is 0 Å². The maximum Gasteiger partial charge on any atom is 0.270 e. The third-order valence-corrected chi connectivity index (χ3v) is 4.47. The number of hydrogen-bond acceptors (Lipinski definition) is 6. The molecule has 0 radical (unpaired) electrons. The molecular formula is C16H19N3O3S. The lowest BCUT2D eigenvalue weighted by Gasteiger charge is -2.23.